The molecule has 0 aliphatic carbocycles. The van der Waals surface area contributed by atoms with Gasteiger partial charge in [-0.3, -0.25) is 4.79 Å². The first-order valence-corrected chi connectivity index (χ1v) is 9.28. The molecule has 0 spiro atoms. The smallest absolute Gasteiger partial charge is 0.228 e. The second-order valence-corrected chi connectivity index (χ2v) is 7.98. The highest BCUT2D eigenvalue weighted by atomic mass is 35.5. The number of hydrogen-bond acceptors (Lipinski definition) is 5. The summed E-state index contributed by atoms with van der Waals surface area (Å²) in [5.74, 6) is -0.210. The lowest BCUT2D eigenvalue weighted by atomic mass is 9.78. The largest absolute Gasteiger partial charge is 0.396 e. The fourth-order valence-electron chi connectivity index (χ4n) is 3.91. The predicted octanol–water partition coefficient (Wildman–Crippen LogP) is 1.63. The van der Waals surface area contributed by atoms with E-state index >= 15 is 0 Å². The van der Waals surface area contributed by atoms with Gasteiger partial charge in [0.15, 0.2) is 0 Å². The van der Waals surface area contributed by atoms with Crippen LogP contribution in [0, 0.1) is 22.7 Å². The van der Waals surface area contributed by atoms with E-state index in [1.807, 2.05) is 13.0 Å². The second-order valence-electron chi connectivity index (χ2n) is 7.54. The summed E-state index contributed by atoms with van der Waals surface area (Å²) in [7, 11) is 0. The number of nitriles is 1. The zero-order valence-electron chi connectivity index (χ0n) is 14.9. The minimum Gasteiger partial charge on any atom is -0.396 e. The van der Waals surface area contributed by atoms with Crippen molar-refractivity contribution in [2.75, 3.05) is 37.7 Å². The lowest BCUT2D eigenvalue weighted by Gasteiger charge is -2.41. The van der Waals surface area contributed by atoms with E-state index in [-0.39, 0.29) is 18.4 Å². The zero-order chi connectivity index (χ0) is 18.9. The van der Waals surface area contributed by atoms with Crippen LogP contribution >= 0.6 is 11.6 Å². The maximum atomic E-state index is 13.0. The highest BCUT2D eigenvalue weighted by Crippen LogP contribution is 2.37. The van der Waals surface area contributed by atoms with Gasteiger partial charge in [-0.25, -0.2) is 0 Å². The first-order valence-electron chi connectivity index (χ1n) is 8.91. The molecule has 2 aliphatic rings. The molecular weight excluding hydrogens is 354 g/mol. The first kappa shape index (κ1) is 19.0. The van der Waals surface area contributed by atoms with Crippen LogP contribution in [0.5, 0.6) is 0 Å². The molecule has 3 rings (SSSR count). The van der Waals surface area contributed by atoms with Crippen LogP contribution in [0.25, 0.3) is 0 Å². The van der Waals surface area contributed by atoms with E-state index in [1.54, 1.807) is 17.0 Å². The number of hydrogen-bond donors (Lipinski definition) is 2. The van der Waals surface area contributed by atoms with E-state index in [0.29, 0.717) is 49.6 Å². The molecule has 6 nitrogen and oxygen atoms in total. The number of β-amino-alcohol motifs (C(OH)–C–C–N with tert-alkyl or cyclic N) is 1. The van der Waals surface area contributed by atoms with Crippen LogP contribution < -0.4 is 4.90 Å². The summed E-state index contributed by atoms with van der Waals surface area (Å²) in [6.07, 6.45) is 0.700. The Kier molecular flexibility index (Phi) is 5.42. The van der Waals surface area contributed by atoms with E-state index in [4.69, 9.17) is 11.6 Å². The maximum Gasteiger partial charge on any atom is 0.228 e. The predicted molar refractivity (Wildman–Crippen MR) is 98.9 cm³/mol. The normalized spacial score (nSPS) is 25.2. The van der Waals surface area contributed by atoms with Crippen molar-refractivity contribution in [3.63, 3.8) is 0 Å². The van der Waals surface area contributed by atoms with Crippen molar-refractivity contribution in [3.05, 3.63) is 28.8 Å². The molecular formula is C19H24ClN3O3. The Bertz CT molecular complexity index is 725. The van der Waals surface area contributed by atoms with Crippen LogP contribution in [-0.4, -0.2) is 59.9 Å². The molecule has 26 heavy (non-hydrogen) atoms. The minimum atomic E-state index is -0.653. The molecule has 0 bridgehead atoms. The first-order chi connectivity index (χ1) is 12.4. The number of carbonyl (C=O) groups is 1. The molecule has 140 valence electrons. The molecule has 2 fully saturated rings. The number of benzene rings is 1. The van der Waals surface area contributed by atoms with Crippen LogP contribution in [0.2, 0.25) is 5.02 Å². The van der Waals surface area contributed by atoms with E-state index < -0.39 is 11.5 Å². The Labute approximate surface area is 158 Å². The van der Waals surface area contributed by atoms with E-state index in [0.717, 1.165) is 5.69 Å². The Morgan fingerprint density at radius 3 is 2.65 bits per heavy atom. The summed E-state index contributed by atoms with van der Waals surface area (Å²) in [5, 5.41) is 29.1. The summed E-state index contributed by atoms with van der Waals surface area (Å²) in [4.78, 5) is 16.8. The average Bonchev–Trinajstić information content (AvgIpc) is 3.02. The van der Waals surface area contributed by atoms with E-state index in [1.165, 1.54) is 0 Å². The Balaban J connectivity index is 1.68. The SMILES string of the molecule is CC1(C(=O)N2CC(O)C(CO)C2)CCN(c2ccc(Cl)cc2C#N)CC1. The van der Waals surface area contributed by atoms with Gasteiger partial charge in [0.1, 0.15) is 6.07 Å². The van der Waals surface area contributed by atoms with Crippen LogP contribution in [0.1, 0.15) is 25.3 Å². The van der Waals surface area contributed by atoms with Gasteiger partial charge in [-0.05, 0) is 31.0 Å². The summed E-state index contributed by atoms with van der Waals surface area (Å²) in [5.41, 5.74) is 0.906. The van der Waals surface area contributed by atoms with Crippen molar-refractivity contribution in [3.8, 4) is 6.07 Å². The molecule has 1 aromatic rings. The maximum absolute atomic E-state index is 13.0. The van der Waals surface area contributed by atoms with Crippen molar-refractivity contribution in [1.82, 2.24) is 4.90 Å². The van der Waals surface area contributed by atoms with Gasteiger partial charge < -0.3 is 20.0 Å². The quantitative estimate of drug-likeness (QED) is 0.835. The monoisotopic (exact) mass is 377 g/mol. The number of nitrogens with zero attached hydrogens (tertiary/aromatic N) is 3. The van der Waals surface area contributed by atoms with Crippen molar-refractivity contribution < 1.29 is 15.0 Å². The number of carbonyl (C=O) groups excluding carboxylic acids is 1. The van der Waals surface area contributed by atoms with Crippen molar-refractivity contribution in [1.29, 1.82) is 5.26 Å². The number of rotatable bonds is 3. The van der Waals surface area contributed by atoms with Gasteiger partial charge >= 0.3 is 0 Å². The molecule has 2 unspecified atom stereocenters. The molecule has 2 saturated heterocycles. The number of likely N-dealkylation sites (tertiary alicyclic amines) is 1. The molecule has 0 saturated carbocycles. The number of aliphatic hydroxyl groups excluding tert-OH is 2. The standard InChI is InChI=1S/C19H24ClN3O3/c1-19(18(26)23-10-14(12-24)17(25)11-23)4-6-22(7-5-19)16-3-2-15(20)8-13(16)9-21/h2-3,8,14,17,24-25H,4-7,10-12H2,1H3. The molecule has 0 radical (unpaired) electrons. The highest BCUT2D eigenvalue weighted by molar-refractivity contribution is 6.30. The van der Waals surface area contributed by atoms with E-state index in [9.17, 15) is 20.3 Å². The minimum absolute atomic E-state index is 0.0452. The van der Waals surface area contributed by atoms with Gasteiger partial charge in [0.25, 0.3) is 0 Å². The number of amides is 1. The Morgan fingerprint density at radius 2 is 2.08 bits per heavy atom. The average molecular weight is 378 g/mol. The van der Waals surface area contributed by atoms with Crippen LogP contribution in [-0.2, 0) is 4.79 Å². The molecule has 2 N–H and O–H groups in total. The zero-order valence-corrected chi connectivity index (χ0v) is 15.6. The Hall–Kier alpha value is -1.81. The van der Waals surface area contributed by atoms with E-state index in [2.05, 4.69) is 11.0 Å². The third kappa shape index (κ3) is 3.52. The summed E-state index contributed by atoms with van der Waals surface area (Å²) in [6.45, 7) is 3.92. The fraction of sp³-hybridized carbons (Fsp3) is 0.579. The molecule has 7 heteroatoms. The summed E-state index contributed by atoms with van der Waals surface area (Å²) < 4.78 is 0. The molecule has 2 heterocycles. The molecule has 2 atom stereocenters. The van der Waals surface area contributed by atoms with Crippen molar-refractivity contribution >= 4 is 23.2 Å². The molecule has 1 amide bonds. The van der Waals surface area contributed by atoms with Crippen LogP contribution in [0.15, 0.2) is 18.2 Å². The van der Waals surface area contributed by atoms with Gasteiger partial charge in [-0.15, -0.1) is 0 Å². The van der Waals surface area contributed by atoms with Gasteiger partial charge in [0.2, 0.25) is 5.91 Å². The van der Waals surface area contributed by atoms with Gasteiger partial charge in [-0.1, -0.05) is 18.5 Å². The molecule has 1 aromatic carbocycles. The Morgan fingerprint density at radius 1 is 1.38 bits per heavy atom. The lowest BCUT2D eigenvalue weighted by Crippen LogP contribution is -2.48. The molecule has 0 aromatic heterocycles. The number of piperidine rings is 1. The van der Waals surface area contributed by atoms with Gasteiger partial charge in [0.05, 0.1) is 24.0 Å². The molecule has 2 aliphatic heterocycles. The lowest BCUT2D eigenvalue weighted by molar-refractivity contribution is -0.141. The number of aliphatic hydroxyl groups is 2. The summed E-state index contributed by atoms with van der Waals surface area (Å²) >= 11 is 5.97. The highest BCUT2D eigenvalue weighted by Gasteiger charge is 2.43. The second kappa shape index (κ2) is 7.43. The summed E-state index contributed by atoms with van der Waals surface area (Å²) in [6, 6.07) is 7.48. The number of anilines is 1. The van der Waals surface area contributed by atoms with Gasteiger partial charge in [-0.2, -0.15) is 5.26 Å². The number of halogens is 1. The van der Waals surface area contributed by atoms with Crippen molar-refractivity contribution in [2.24, 2.45) is 11.3 Å². The third-order valence-electron chi connectivity index (χ3n) is 5.73. The topological polar surface area (TPSA) is 87.8 Å². The third-order valence-corrected chi connectivity index (χ3v) is 5.97. The van der Waals surface area contributed by atoms with Crippen LogP contribution in [0.4, 0.5) is 5.69 Å². The van der Waals surface area contributed by atoms with Crippen LogP contribution in [0.3, 0.4) is 0 Å². The fourth-order valence-corrected chi connectivity index (χ4v) is 4.08. The van der Waals surface area contributed by atoms with Gasteiger partial charge in [0, 0.05) is 42.5 Å². The van der Waals surface area contributed by atoms with Crippen molar-refractivity contribution in [2.45, 2.75) is 25.9 Å².